The molecule has 0 radical (unpaired) electrons. The van der Waals surface area contributed by atoms with Crippen molar-refractivity contribution in [2.24, 2.45) is 7.05 Å². The van der Waals surface area contributed by atoms with E-state index in [4.69, 9.17) is 4.74 Å². The molecular formula is C26H27N7O. The first-order chi connectivity index (χ1) is 16.5. The van der Waals surface area contributed by atoms with Crippen molar-refractivity contribution in [3.63, 3.8) is 0 Å². The molecule has 5 rings (SSSR count). The number of benzene rings is 2. The van der Waals surface area contributed by atoms with E-state index in [2.05, 4.69) is 43.3 Å². The Hall–Kier alpha value is -4.04. The Balaban J connectivity index is 1.61. The Bertz CT molecular complexity index is 1460. The van der Waals surface area contributed by atoms with Crippen molar-refractivity contribution < 1.29 is 4.74 Å². The first-order valence-electron chi connectivity index (χ1n) is 11.2. The quantitative estimate of drug-likeness (QED) is 0.384. The van der Waals surface area contributed by atoms with Crippen molar-refractivity contribution in [3.8, 4) is 16.9 Å². The van der Waals surface area contributed by atoms with Gasteiger partial charge in [-0.15, -0.1) is 0 Å². The molecule has 0 saturated heterocycles. The normalized spacial score (nSPS) is 12.4. The van der Waals surface area contributed by atoms with E-state index in [9.17, 15) is 0 Å². The van der Waals surface area contributed by atoms with Crippen LogP contribution in [-0.2, 0) is 7.05 Å². The molecular weight excluding hydrogens is 426 g/mol. The Morgan fingerprint density at radius 2 is 1.91 bits per heavy atom. The molecule has 0 fully saturated rings. The highest BCUT2D eigenvalue weighted by atomic mass is 16.5. The van der Waals surface area contributed by atoms with Crippen LogP contribution in [0, 0.1) is 0 Å². The molecule has 0 aliphatic rings. The molecule has 5 aromatic rings. The van der Waals surface area contributed by atoms with Crippen molar-refractivity contribution in [1.29, 1.82) is 0 Å². The SMILES string of the molecule is CC(CN(C)C)Oc1cc(-c2cnn(C)c2)cc2ncnc(Nc3ccc4ncccc4c3)c12. The van der Waals surface area contributed by atoms with Gasteiger partial charge in [0.25, 0.3) is 0 Å². The van der Waals surface area contributed by atoms with Gasteiger partial charge in [-0.2, -0.15) is 5.10 Å². The summed E-state index contributed by atoms with van der Waals surface area (Å²) < 4.78 is 8.25. The summed E-state index contributed by atoms with van der Waals surface area (Å²) in [7, 11) is 5.98. The van der Waals surface area contributed by atoms with Gasteiger partial charge < -0.3 is 15.0 Å². The molecule has 34 heavy (non-hydrogen) atoms. The molecule has 3 aromatic heterocycles. The summed E-state index contributed by atoms with van der Waals surface area (Å²) >= 11 is 0. The van der Waals surface area contributed by atoms with E-state index < -0.39 is 0 Å². The van der Waals surface area contributed by atoms with Crippen LogP contribution in [0.2, 0.25) is 0 Å². The summed E-state index contributed by atoms with van der Waals surface area (Å²) in [5.41, 5.74) is 4.67. The van der Waals surface area contributed by atoms with Crippen molar-refractivity contribution >= 4 is 33.3 Å². The fourth-order valence-corrected chi connectivity index (χ4v) is 4.14. The minimum absolute atomic E-state index is 0.0258. The van der Waals surface area contributed by atoms with Gasteiger partial charge in [-0.3, -0.25) is 9.67 Å². The van der Waals surface area contributed by atoms with Crippen LogP contribution in [0.25, 0.3) is 32.9 Å². The number of hydrogen-bond acceptors (Lipinski definition) is 7. The molecule has 1 unspecified atom stereocenters. The maximum Gasteiger partial charge on any atom is 0.145 e. The second kappa shape index (κ2) is 9.07. The lowest BCUT2D eigenvalue weighted by Crippen LogP contribution is -2.28. The van der Waals surface area contributed by atoms with Crippen LogP contribution in [0.5, 0.6) is 5.75 Å². The van der Waals surface area contributed by atoms with Crippen LogP contribution in [0.3, 0.4) is 0 Å². The molecule has 1 atom stereocenters. The Kier molecular flexibility index (Phi) is 5.81. The van der Waals surface area contributed by atoms with Gasteiger partial charge in [0, 0.05) is 42.6 Å². The van der Waals surface area contributed by atoms with Crippen LogP contribution in [0.4, 0.5) is 11.5 Å². The largest absolute Gasteiger partial charge is 0.489 e. The van der Waals surface area contributed by atoms with Gasteiger partial charge in [-0.05, 0) is 63.0 Å². The van der Waals surface area contributed by atoms with Gasteiger partial charge in [-0.25, -0.2) is 9.97 Å². The van der Waals surface area contributed by atoms with Crippen molar-refractivity contribution in [3.05, 3.63) is 67.4 Å². The molecule has 8 nitrogen and oxygen atoms in total. The van der Waals surface area contributed by atoms with Gasteiger partial charge in [0.2, 0.25) is 0 Å². The third-order valence-electron chi connectivity index (χ3n) is 5.56. The smallest absolute Gasteiger partial charge is 0.145 e. The number of aromatic nitrogens is 5. The van der Waals surface area contributed by atoms with E-state index in [1.807, 2.05) is 69.9 Å². The van der Waals surface area contributed by atoms with Crippen LogP contribution < -0.4 is 10.1 Å². The van der Waals surface area contributed by atoms with Gasteiger partial charge in [0.1, 0.15) is 24.0 Å². The number of aryl methyl sites for hydroxylation is 1. The zero-order valence-corrected chi connectivity index (χ0v) is 19.7. The van der Waals surface area contributed by atoms with E-state index in [-0.39, 0.29) is 6.10 Å². The van der Waals surface area contributed by atoms with Gasteiger partial charge in [0.05, 0.1) is 22.6 Å². The number of likely N-dealkylation sites (N-methyl/N-ethyl adjacent to an activating group) is 1. The number of rotatable bonds is 7. The van der Waals surface area contributed by atoms with E-state index >= 15 is 0 Å². The summed E-state index contributed by atoms with van der Waals surface area (Å²) in [6.07, 6.45) is 7.18. The molecule has 1 N–H and O–H groups in total. The minimum atomic E-state index is -0.0258. The molecule has 172 valence electrons. The molecule has 0 spiro atoms. The first kappa shape index (κ1) is 21.8. The summed E-state index contributed by atoms with van der Waals surface area (Å²) in [4.78, 5) is 15.7. The van der Waals surface area contributed by atoms with Crippen LogP contribution in [0.1, 0.15) is 6.92 Å². The number of anilines is 2. The highest BCUT2D eigenvalue weighted by molar-refractivity contribution is 5.99. The number of nitrogens with zero attached hydrogens (tertiary/aromatic N) is 6. The van der Waals surface area contributed by atoms with Crippen molar-refractivity contribution in [1.82, 2.24) is 29.6 Å². The number of hydrogen-bond donors (Lipinski definition) is 1. The standard InChI is InChI=1S/C26H27N7O/c1-17(14-32(2)3)34-24-12-19(20-13-30-33(4)15-20)11-23-25(24)26(29-16-28-23)31-21-7-8-22-18(10-21)6-5-9-27-22/h5-13,15-17H,14H2,1-4H3,(H,28,29,31). The van der Waals surface area contributed by atoms with Crippen LogP contribution >= 0.6 is 0 Å². The summed E-state index contributed by atoms with van der Waals surface area (Å²) in [5.74, 6) is 1.43. The highest BCUT2D eigenvalue weighted by Crippen LogP contribution is 2.37. The lowest BCUT2D eigenvalue weighted by Gasteiger charge is -2.21. The summed E-state index contributed by atoms with van der Waals surface area (Å²) in [6, 6.07) is 14.1. The first-order valence-corrected chi connectivity index (χ1v) is 11.2. The summed E-state index contributed by atoms with van der Waals surface area (Å²) in [6.45, 7) is 2.85. The topological polar surface area (TPSA) is 81.0 Å². The predicted molar refractivity (Wildman–Crippen MR) is 135 cm³/mol. The Labute approximate surface area is 198 Å². The minimum Gasteiger partial charge on any atom is -0.489 e. The molecule has 0 amide bonds. The number of fused-ring (bicyclic) bond motifs is 2. The van der Waals surface area contributed by atoms with E-state index in [1.165, 1.54) is 0 Å². The fraction of sp³-hybridized carbons (Fsp3) is 0.231. The zero-order chi connectivity index (χ0) is 23.7. The molecule has 2 aromatic carbocycles. The molecule has 0 saturated carbocycles. The average molecular weight is 454 g/mol. The third kappa shape index (κ3) is 4.53. The van der Waals surface area contributed by atoms with Crippen LogP contribution in [-0.4, -0.2) is 56.4 Å². The Morgan fingerprint density at radius 1 is 1.03 bits per heavy atom. The second-order valence-electron chi connectivity index (χ2n) is 8.72. The lowest BCUT2D eigenvalue weighted by molar-refractivity contribution is 0.179. The van der Waals surface area contributed by atoms with E-state index in [1.54, 1.807) is 17.2 Å². The lowest BCUT2D eigenvalue weighted by atomic mass is 10.1. The van der Waals surface area contributed by atoms with Crippen LogP contribution in [0.15, 0.2) is 67.4 Å². The predicted octanol–water partition coefficient (Wildman–Crippen LogP) is 4.65. The zero-order valence-electron chi connectivity index (χ0n) is 19.7. The van der Waals surface area contributed by atoms with Crippen molar-refractivity contribution in [2.75, 3.05) is 26.0 Å². The van der Waals surface area contributed by atoms with Gasteiger partial charge in [-0.1, -0.05) is 6.07 Å². The average Bonchev–Trinajstić information content (AvgIpc) is 3.24. The number of pyridine rings is 1. The maximum atomic E-state index is 6.46. The van der Waals surface area contributed by atoms with E-state index in [0.717, 1.165) is 50.9 Å². The summed E-state index contributed by atoms with van der Waals surface area (Å²) in [5, 5.41) is 9.69. The van der Waals surface area contributed by atoms with Crippen molar-refractivity contribution in [2.45, 2.75) is 13.0 Å². The molecule has 3 heterocycles. The van der Waals surface area contributed by atoms with Gasteiger partial charge in [0.15, 0.2) is 0 Å². The number of nitrogens with one attached hydrogen (secondary N) is 1. The highest BCUT2D eigenvalue weighted by Gasteiger charge is 2.17. The Morgan fingerprint density at radius 3 is 2.71 bits per heavy atom. The fourth-order valence-electron chi connectivity index (χ4n) is 4.14. The molecule has 8 heteroatoms. The number of ether oxygens (including phenoxy) is 1. The molecule has 0 aliphatic heterocycles. The molecule has 0 bridgehead atoms. The second-order valence-corrected chi connectivity index (χ2v) is 8.72. The van der Waals surface area contributed by atoms with Gasteiger partial charge >= 0.3 is 0 Å². The maximum absolute atomic E-state index is 6.46. The monoisotopic (exact) mass is 453 g/mol. The van der Waals surface area contributed by atoms with E-state index in [0.29, 0.717) is 5.82 Å². The third-order valence-corrected chi connectivity index (χ3v) is 5.56. The molecule has 0 aliphatic carbocycles.